The molecule has 0 unspecified atom stereocenters. The Bertz CT molecular complexity index is 945. The predicted octanol–water partition coefficient (Wildman–Crippen LogP) is 5.22. The van der Waals surface area contributed by atoms with Crippen molar-refractivity contribution in [2.75, 3.05) is 26.4 Å². The number of hydrogen-bond donors (Lipinski definition) is 1. The number of amides is 1. The summed E-state index contributed by atoms with van der Waals surface area (Å²) in [4.78, 5) is 12.5. The molecule has 2 aromatic carbocycles. The van der Waals surface area contributed by atoms with Gasteiger partial charge in [-0.2, -0.15) is 8.78 Å². The van der Waals surface area contributed by atoms with Crippen LogP contribution in [0.3, 0.4) is 0 Å². The summed E-state index contributed by atoms with van der Waals surface area (Å²) in [5, 5.41) is 3.64. The second kappa shape index (κ2) is 11.3. The third-order valence-electron chi connectivity index (χ3n) is 5.40. The van der Waals surface area contributed by atoms with E-state index in [0.29, 0.717) is 37.0 Å². The quantitative estimate of drug-likeness (QED) is 0.516. The van der Waals surface area contributed by atoms with Crippen LogP contribution in [0.15, 0.2) is 48.5 Å². The minimum atomic E-state index is -2.95. The SMILES string of the molecule is CCOc1cc(C=CC(=O)NCC2(c3cccc(Cl)c3)CCOCC2)ccc1OC(F)F. The van der Waals surface area contributed by atoms with Crippen molar-refractivity contribution in [3.8, 4) is 11.5 Å². The molecule has 32 heavy (non-hydrogen) atoms. The zero-order valence-corrected chi connectivity index (χ0v) is 18.5. The van der Waals surface area contributed by atoms with Gasteiger partial charge in [0.1, 0.15) is 0 Å². The standard InChI is InChI=1S/C24H26ClF2NO4/c1-2-31-21-14-17(6-8-20(21)32-23(26)27)7-9-22(29)28-16-24(10-12-30-13-11-24)18-4-3-5-19(25)15-18/h3-9,14-15,23H,2,10-13,16H2,1H3,(H,28,29). The van der Waals surface area contributed by atoms with E-state index in [4.69, 9.17) is 21.1 Å². The molecule has 1 amide bonds. The Kier molecular flexibility index (Phi) is 8.47. The molecule has 0 bridgehead atoms. The summed E-state index contributed by atoms with van der Waals surface area (Å²) in [5.41, 5.74) is 1.46. The van der Waals surface area contributed by atoms with E-state index in [9.17, 15) is 13.6 Å². The van der Waals surface area contributed by atoms with Crippen molar-refractivity contribution in [2.45, 2.75) is 31.8 Å². The number of ether oxygens (including phenoxy) is 3. The first-order valence-corrected chi connectivity index (χ1v) is 10.8. The van der Waals surface area contributed by atoms with E-state index in [-0.39, 0.29) is 22.8 Å². The first-order valence-electron chi connectivity index (χ1n) is 10.4. The fourth-order valence-electron chi connectivity index (χ4n) is 3.73. The highest BCUT2D eigenvalue weighted by Gasteiger charge is 2.34. The number of hydrogen-bond acceptors (Lipinski definition) is 4. The molecule has 0 spiro atoms. The monoisotopic (exact) mass is 465 g/mol. The van der Waals surface area contributed by atoms with Crippen molar-refractivity contribution in [3.63, 3.8) is 0 Å². The Morgan fingerprint density at radius 1 is 1.22 bits per heavy atom. The lowest BCUT2D eigenvalue weighted by Gasteiger charge is -2.38. The van der Waals surface area contributed by atoms with Crippen LogP contribution in [0.4, 0.5) is 8.78 Å². The number of alkyl halides is 2. The Morgan fingerprint density at radius 3 is 2.69 bits per heavy atom. The van der Waals surface area contributed by atoms with Gasteiger partial charge in [0.05, 0.1) is 6.61 Å². The maximum atomic E-state index is 12.5. The van der Waals surface area contributed by atoms with Crippen LogP contribution in [-0.4, -0.2) is 38.9 Å². The van der Waals surface area contributed by atoms with Gasteiger partial charge in [0, 0.05) is 36.3 Å². The van der Waals surface area contributed by atoms with E-state index in [1.807, 2.05) is 24.3 Å². The molecule has 1 fully saturated rings. The van der Waals surface area contributed by atoms with Crippen LogP contribution in [0.1, 0.15) is 30.9 Å². The van der Waals surface area contributed by atoms with Crippen molar-refractivity contribution in [1.82, 2.24) is 5.32 Å². The lowest BCUT2D eigenvalue weighted by Crippen LogP contribution is -2.44. The predicted molar refractivity (Wildman–Crippen MR) is 119 cm³/mol. The number of halogens is 3. The highest BCUT2D eigenvalue weighted by molar-refractivity contribution is 6.30. The molecule has 5 nitrogen and oxygen atoms in total. The number of carbonyl (C=O) groups excluding carboxylic acids is 1. The Labute approximate surface area is 191 Å². The van der Waals surface area contributed by atoms with Gasteiger partial charge >= 0.3 is 6.61 Å². The Morgan fingerprint density at radius 2 is 2.00 bits per heavy atom. The molecule has 3 rings (SSSR count). The summed E-state index contributed by atoms with van der Waals surface area (Å²) >= 11 is 6.19. The number of nitrogens with one attached hydrogen (secondary N) is 1. The Balaban J connectivity index is 1.68. The second-order valence-corrected chi connectivity index (χ2v) is 7.91. The van der Waals surface area contributed by atoms with E-state index in [0.717, 1.165) is 18.4 Å². The molecule has 0 atom stereocenters. The van der Waals surface area contributed by atoms with Gasteiger partial charge in [0.25, 0.3) is 0 Å². The number of rotatable bonds is 9. The largest absolute Gasteiger partial charge is 0.490 e. The van der Waals surface area contributed by atoms with E-state index >= 15 is 0 Å². The van der Waals surface area contributed by atoms with Crippen molar-refractivity contribution >= 4 is 23.6 Å². The fourth-order valence-corrected chi connectivity index (χ4v) is 3.92. The van der Waals surface area contributed by atoms with E-state index in [2.05, 4.69) is 10.1 Å². The minimum absolute atomic E-state index is 0.0496. The van der Waals surface area contributed by atoms with E-state index in [1.54, 1.807) is 25.1 Å². The van der Waals surface area contributed by atoms with Crippen molar-refractivity contribution in [3.05, 3.63) is 64.7 Å². The zero-order chi connectivity index (χ0) is 23.0. The van der Waals surface area contributed by atoms with Gasteiger partial charge in [-0.25, -0.2) is 0 Å². The Hall–Kier alpha value is -2.64. The molecule has 1 aliphatic heterocycles. The van der Waals surface area contributed by atoms with E-state index in [1.165, 1.54) is 12.1 Å². The minimum Gasteiger partial charge on any atom is -0.490 e. The molecule has 1 heterocycles. The highest BCUT2D eigenvalue weighted by atomic mass is 35.5. The smallest absolute Gasteiger partial charge is 0.387 e. The second-order valence-electron chi connectivity index (χ2n) is 7.47. The van der Waals surface area contributed by atoms with Gasteiger partial charge in [0.15, 0.2) is 11.5 Å². The summed E-state index contributed by atoms with van der Waals surface area (Å²) in [6.07, 6.45) is 4.56. The zero-order valence-electron chi connectivity index (χ0n) is 17.8. The highest BCUT2D eigenvalue weighted by Crippen LogP contribution is 2.35. The third-order valence-corrected chi connectivity index (χ3v) is 5.63. The van der Waals surface area contributed by atoms with Crippen molar-refractivity contribution in [2.24, 2.45) is 0 Å². The van der Waals surface area contributed by atoms with Crippen molar-refractivity contribution in [1.29, 1.82) is 0 Å². The average molecular weight is 466 g/mol. The van der Waals surface area contributed by atoms with Gasteiger partial charge in [-0.05, 0) is 61.2 Å². The maximum Gasteiger partial charge on any atom is 0.387 e. The summed E-state index contributed by atoms with van der Waals surface area (Å²) in [7, 11) is 0. The summed E-state index contributed by atoms with van der Waals surface area (Å²) < 4.78 is 40.5. The van der Waals surface area contributed by atoms with E-state index < -0.39 is 6.61 Å². The molecule has 1 N–H and O–H groups in total. The molecular weight excluding hydrogens is 440 g/mol. The molecule has 172 valence electrons. The molecule has 1 saturated heterocycles. The lowest BCUT2D eigenvalue weighted by atomic mass is 9.74. The van der Waals surface area contributed by atoms with Crippen LogP contribution in [0.25, 0.3) is 6.08 Å². The summed E-state index contributed by atoms with van der Waals surface area (Å²) in [6.45, 7) is 0.775. The van der Waals surface area contributed by atoms with Crippen LogP contribution in [0.5, 0.6) is 11.5 Å². The molecule has 2 aromatic rings. The summed E-state index contributed by atoms with van der Waals surface area (Å²) in [6, 6.07) is 12.2. The summed E-state index contributed by atoms with van der Waals surface area (Å²) in [5.74, 6) is -0.118. The van der Waals surface area contributed by atoms with Crippen LogP contribution in [0, 0.1) is 0 Å². The molecular formula is C24H26ClF2NO4. The normalized spacial score (nSPS) is 15.7. The number of benzene rings is 2. The third kappa shape index (κ3) is 6.43. The molecule has 0 radical (unpaired) electrons. The van der Waals surface area contributed by atoms with Crippen LogP contribution in [0.2, 0.25) is 5.02 Å². The van der Waals surface area contributed by atoms with Crippen LogP contribution >= 0.6 is 11.6 Å². The average Bonchev–Trinajstić information content (AvgIpc) is 2.78. The van der Waals surface area contributed by atoms with Gasteiger partial charge in [-0.1, -0.05) is 29.8 Å². The topological polar surface area (TPSA) is 56.8 Å². The van der Waals surface area contributed by atoms with Gasteiger partial charge in [-0.3, -0.25) is 4.79 Å². The molecule has 0 aliphatic carbocycles. The lowest BCUT2D eigenvalue weighted by molar-refractivity contribution is -0.116. The van der Waals surface area contributed by atoms with Crippen LogP contribution in [-0.2, 0) is 14.9 Å². The van der Waals surface area contributed by atoms with Crippen molar-refractivity contribution < 1.29 is 27.8 Å². The van der Waals surface area contributed by atoms with Gasteiger partial charge in [0.2, 0.25) is 5.91 Å². The van der Waals surface area contributed by atoms with Gasteiger partial charge < -0.3 is 19.5 Å². The van der Waals surface area contributed by atoms with Crippen LogP contribution < -0.4 is 14.8 Å². The fraction of sp³-hybridized carbons (Fsp3) is 0.375. The van der Waals surface area contributed by atoms with Gasteiger partial charge in [-0.15, -0.1) is 0 Å². The molecule has 8 heteroatoms. The molecule has 1 aliphatic rings. The maximum absolute atomic E-state index is 12.5. The molecule has 0 saturated carbocycles. The first kappa shape index (κ1) is 24.0. The number of carbonyl (C=O) groups is 1. The molecule has 0 aromatic heterocycles. The first-order chi connectivity index (χ1) is 15.4.